The average Bonchev–Trinajstić information content (AvgIpc) is 2.55. The lowest BCUT2D eigenvalue weighted by molar-refractivity contribution is 0.0951. The molecule has 1 aromatic carbocycles. The van der Waals surface area contributed by atoms with E-state index in [1.54, 1.807) is 36.4 Å². The van der Waals surface area contributed by atoms with Crippen molar-refractivity contribution in [2.75, 3.05) is 6.54 Å². The van der Waals surface area contributed by atoms with E-state index >= 15 is 0 Å². The Balaban J connectivity index is 1.99. The zero-order valence-electron chi connectivity index (χ0n) is 13.2. The summed E-state index contributed by atoms with van der Waals surface area (Å²) in [5.41, 5.74) is 0.916. The molecular formula is C18H19N3O2. The van der Waals surface area contributed by atoms with Crippen LogP contribution in [0.1, 0.15) is 36.2 Å². The lowest BCUT2D eigenvalue weighted by atomic mass is 10.1. The molecule has 1 aromatic heterocycles. The van der Waals surface area contributed by atoms with Crippen molar-refractivity contribution in [3.63, 3.8) is 0 Å². The lowest BCUT2D eigenvalue weighted by Crippen LogP contribution is -2.25. The van der Waals surface area contributed by atoms with E-state index in [-0.39, 0.29) is 5.91 Å². The first-order chi connectivity index (χ1) is 11.1. The van der Waals surface area contributed by atoms with E-state index in [1.165, 1.54) is 6.20 Å². The Morgan fingerprint density at radius 2 is 2.09 bits per heavy atom. The van der Waals surface area contributed by atoms with Crippen LogP contribution in [0.4, 0.5) is 0 Å². The van der Waals surface area contributed by atoms with E-state index in [4.69, 9.17) is 10.00 Å². The van der Waals surface area contributed by atoms with Crippen LogP contribution < -0.4 is 10.1 Å². The Hall–Kier alpha value is -2.87. The van der Waals surface area contributed by atoms with Gasteiger partial charge in [-0.3, -0.25) is 4.79 Å². The summed E-state index contributed by atoms with van der Waals surface area (Å²) >= 11 is 0. The molecule has 2 rings (SSSR count). The summed E-state index contributed by atoms with van der Waals surface area (Å²) in [5, 5.41) is 11.9. The van der Waals surface area contributed by atoms with Crippen LogP contribution in [-0.4, -0.2) is 17.4 Å². The zero-order chi connectivity index (χ0) is 16.7. The standard InChI is InChI=1S/C18H19N3O2/c1-13(2)9-10-20-18(22)15-7-8-17(21-12-15)23-16-6-4-3-5-14(16)11-19/h3-8,12-13H,9-10H2,1-2H3,(H,20,22). The minimum absolute atomic E-state index is 0.151. The highest BCUT2D eigenvalue weighted by Gasteiger charge is 2.08. The summed E-state index contributed by atoms with van der Waals surface area (Å²) in [7, 11) is 0. The van der Waals surface area contributed by atoms with E-state index in [0.717, 1.165) is 6.42 Å². The van der Waals surface area contributed by atoms with Crippen LogP contribution in [0, 0.1) is 17.2 Å². The van der Waals surface area contributed by atoms with Gasteiger partial charge in [-0.15, -0.1) is 0 Å². The number of aromatic nitrogens is 1. The van der Waals surface area contributed by atoms with Gasteiger partial charge in [0.25, 0.3) is 5.91 Å². The van der Waals surface area contributed by atoms with Crippen molar-refractivity contribution in [2.24, 2.45) is 5.92 Å². The third-order valence-electron chi connectivity index (χ3n) is 3.23. The maximum atomic E-state index is 12.0. The highest BCUT2D eigenvalue weighted by atomic mass is 16.5. The van der Waals surface area contributed by atoms with Gasteiger partial charge in [-0.2, -0.15) is 5.26 Å². The minimum atomic E-state index is -0.151. The summed E-state index contributed by atoms with van der Waals surface area (Å²) in [6, 6.07) is 12.3. The highest BCUT2D eigenvalue weighted by Crippen LogP contribution is 2.23. The van der Waals surface area contributed by atoms with Crippen LogP contribution in [0.25, 0.3) is 0 Å². The number of benzene rings is 1. The number of amides is 1. The predicted octanol–water partition coefficient (Wildman–Crippen LogP) is 3.52. The van der Waals surface area contributed by atoms with Crippen LogP contribution in [0.2, 0.25) is 0 Å². The van der Waals surface area contributed by atoms with Gasteiger partial charge in [0.15, 0.2) is 0 Å². The summed E-state index contributed by atoms with van der Waals surface area (Å²) in [5.74, 6) is 1.18. The second-order valence-corrected chi connectivity index (χ2v) is 5.53. The number of hydrogen-bond donors (Lipinski definition) is 1. The summed E-state index contributed by atoms with van der Waals surface area (Å²) in [6.45, 7) is 4.86. The van der Waals surface area contributed by atoms with Crippen molar-refractivity contribution in [1.82, 2.24) is 10.3 Å². The van der Waals surface area contributed by atoms with E-state index in [0.29, 0.717) is 35.2 Å². The van der Waals surface area contributed by atoms with Gasteiger partial charge in [0.2, 0.25) is 5.88 Å². The van der Waals surface area contributed by atoms with Gasteiger partial charge in [-0.25, -0.2) is 4.98 Å². The van der Waals surface area contributed by atoms with E-state index < -0.39 is 0 Å². The molecule has 0 aliphatic heterocycles. The normalized spacial score (nSPS) is 10.2. The topological polar surface area (TPSA) is 75.0 Å². The van der Waals surface area contributed by atoms with Gasteiger partial charge < -0.3 is 10.1 Å². The summed E-state index contributed by atoms with van der Waals surface area (Å²) < 4.78 is 5.58. The third kappa shape index (κ3) is 4.82. The number of ether oxygens (including phenoxy) is 1. The fraction of sp³-hybridized carbons (Fsp3) is 0.278. The molecule has 0 unspecified atom stereocenters. The molecule has 0 radical (unpaired) electrons. The van der Waals surface area contributed by atoms with Crippen molar-refractivity contribution in [1.29, 1.82) is 5.26 Å². The predicted molar refractivity (Wildman–Crippen MR) is 87.3 cm³/mol. The summed E-state index contributed by atoms with van der Waals surface area (Å²) in [6.07, 6.45) is 2.40. The fourth-order valence-electron chi connectivity index (χ4n) is 1.91. The van der Waals surface area contributed by atoms with Crippen LogP contribution in [0.15, 0.2) is 42.6 Å². The van der Waals surface area contributed by atoms with Crippen LogP contribution >= 0.6 is 0 Å². The molecule has 0 spiro atoms. The molecule has 0 aliphatic rings. The average molecular weight is 309 g/mol. The molecule has 1 heterocycles. The molecule has 0 saturated heterocycles. The van der Waals surface area contributed by atoms with Crippen molar-refractivity contribution >= 4 is 5.91 Å². The van der Waals surface area contributed by atoms with Crippen molar-refractivity contribution in [3.05, 3.63) is 53.7 Å². The van der Waals surface area contributed by atoms with E-state index in [9.17, 15) is 4.79 Å². The molecule has 1 amide bonds. The molecule has 118 valence electrons. The highest BCUT2D eigenvalue weighted by molar-refractivity contribution is 5.93. The second kappa shape index (κ2) is 7.95. The van der Waals surface area contributed by atoms with Gasteiger partial charge >= 0.3 is 0 Å². The number of hydrogen-bond acceptors (Lipinski definition) is 4. The largest absolute Gasteiger partial charge is 0.438 e. The molecule has 2 aromatic rings. The maximum Gasteiger partial charge on any atom is 0.252 e. The number of pyridine rings is 1. The maximum absolute atomic E-state index is 12.0. The number of nitrogens with zero attached hydrogens (tertiary/aromatic N) is 2. The molecule has 0 aliphatic carbocycles. The van der Waals surface area contributed by atoms with Gasteiger partial charge in [-0.1, -0.05) is 26.0 Å². The Kier molecular flexibility index (Phi) is 5.70. The monoisotopic (exact) mass is 309 g/mol. The quantitative estimate of drug-likeness (QED) is 0.886. The molecule has 0 saturated carbocycles. The van der Waals surface area contributed by atoms with Crippen molar-refractivity contribution < 1.29 is 9.53 Å². The lowest BCUT2D eigenvalue weighted by Gasteiger charge is -2.08. The number of nitriles is 1. The number of para-hydroxylation sites is 1. The smallest absolute Gasteiger partial charge is 0.252 e. The van der Waals surface area contributed by atoms with Gasteiger partial charge in [0.1, 0.15) is 11.8 Å². The SMILES string of the molecule is CC(C)CCNC(=O)c1ccc(Oc2ccccc2C#N)nc1. The second-order valence-electron chi connectivity index (χ2n) is 5.53. The number of nitrogens with one attached hydrogen (secondary N) is 1. The fourth-order valence-corrected chi connectivity index (χ4v) is 1.91. The molecule has 0 atom stereocenters. The Labute approximate surface area is 135 Å². The zero-order valence-corrected chi connectivity index (χ0v) is 13.2. The van der Waals surface area contributed by atoms with Crippen molar-refractivity contribution in [2.45, 2.75) is 20.3 Å². The van der Waals surface area contributed by atoms with Gasteiger partial charge in [-0.05, 0) is 30.5 Å². The van der Waals surface area contributed by atoms with Crippen molar-refractivity contribution in [3.8, 4) is 17.7 Å². The molecular weight excluding hydrogens is 290 g/mol. The third-order valence-corrected chi connectivity index (χ3v) is 3.23. The summed E-state index contributed by atoms with van der Waals surface area (Å²) in [4.78, 5) is 16.1. The van der Waals surface area contributed by atoms with Gasteiger partial charge in [0.05, 0.1) is 11.1 Å². The van der Waals surface area contributed by atoms with Gasteiger partial charge in [0, 0.05) is 18.8 Å². The first-order valence-electron chi connectivity index (χ1n) is 7.51. The number of rotatable bonds is 6. The van der Waals surface area contributed by atoms with Crippen LogP contribution in [0.3, 0.4) is 0 Å². The van der Waals surface area contributed by atoms with Crippen LogP contribution in [0.5, 0.6) is 11.6 Å². The number of carbonyl (C=O) groups is 1. The molecule has 0 bridgehead atoms. The molecule has 5 nitrogen and oxygen atoms in total. The Morgan fingerprint density at radius 1 is 1.30 bits per heavy atom. The molecule has 1 N–H and O–H groups in total. The van der Waals surface area contributed by atoms with Crippen LogP contribution in [-0.2, 0) is 0 Å². The first kappa shape index (κ1) is 16.5. The minimum Gasteiger partial charge on any atom is -0.438 e. The number of carbonyl (C=O) groups excluding carboxylic acids is 1. The van der Waals surface area contributed by atoms with E-state index in [1.807, 2.05) is 0 Å². The van der Waals surface area contributed by atoms with E-state index in [2.05, 4.69) is 30.2 Å². The molecule has 5 heteroatoms. The first-order valence-corrected chi connectivity index (χ1v) is 7.51. The Bertz CT molecular complexity index is 703. The molecule has 0 fully saturated rings. The molecule has 23 heavy (non-hydrogen) atoms. The Morgan fingerprint density at radius 3 is 2.74 bits per heavy atom.